The van der Waals surface area contributed by atoms with E-state index >= 15 is 0 Å². The molecule has 18 heavy (non-hydrogen) atoms. The summed E-state index contributed by atoms with van der Waals surface area (Å²) in [6, 6.07) is 8.79. The maximum absolute atomic E-state index is 6.60. The number of benzene rings is 1. The lowest BCUT2D eigenvalue weighted by Gasteiger charge is -2.32. The lowest BCUT2D eigenvalue weighted by atomic mass is 9.77. The van der Waals surface area contributed by atoms with Gasteiger partial charge in [0, 0.05) is 5.54 Å². The first-order chi connectivity index (χ1) is 8.54. The standard InChI is InChI=1S/C17H25N/c1-12-3-7-16(8-4-12)17(2,18)11-15-10-13-5-6-14(15)9-13/h3-4,7-8,13-15H,5-6,9-11,18H2,1-2H3. The highest BCUT2D eigenvalue weighted by atomic mass is 14.7. The molecule has 4 unspecified atom stereocenters. The van der Waals surface area contributed by atoms with Crippen molar-refractivity contribution in [3.8, 4) is 0 Å². The Kier molecular flexibility index (Phi) is 2.97. The fourth-order valence-electron chi connectivity index (χ4n) is 4.22. The van der Waals surface area contributed by atoms with E-state index in [0.717, 1.165) is 24.2 Å². The molecule has 0 amide bonds. The Morgan fingerprint density at radius 3 is 2.44 bits per heavy atom. The predicted octanol–water partition coefficient (Wildman–Crippen LogP) is 4.00. The largest absolute Gasteiger partial charge is 0.322 e. The van der Waals surface area contributed by atoms with Crippen LogP contribution in [-0.2, 0) is 5.54 Å². The Labute approximate surface area is 111 Å². The smallest absolute Gasteiger partial charge is 0.0383 e. The van der Waals surface area contributed by atoms with Gasteiger partial charge in [-0.3, -0.25) is 0 Å². The van der Waals surface area contributed by atoms with Crippen LogP contribution in [0.2, 0.25) is 0 Å². The van der Waals surface area contributed by atoms with E-state index in [1.54, 1.807) is 0 Å². The number of hydrogen-bond acceptors (Lipinski definition) is 1. The van der Waals surface area contributed by atoms with E-state index in [0.29, 0.717) is 0 Å². The van der Waals surface area contributed by atoms with E-state index in [2.05, 4.69) is 38.1 Å². The first kappa shape index (κ1) is 12.2. The summed E-state index contributed by atoms with van der Waals surface area (Å²) in [4.78, 5) is 0. The van der Waals surface area contributed by atoms with Crippen molar-refractivity contribution in [1.82, 2.24) is 0 Å². The van der Waals surface area contributed by atoms with Gasteiger partial charge in [-0.05, 0) is 62.8 Å². The van der Waals surface area contributed by atoms with Crippen molar-refractivity contribution in [3.63, 3.8) is 0 Å². The monoisotopic (exact) mass is 243 g/mol. The Bertz CT molecular complexity index is 418. The average molecular weight is 243 g/mol. The molecule has 2 aliphatic carbocycles. The van der Waals surface area contributed by atoms with Crippen LogP contribution in [0.4, 0.5) is 0 Å². The summed E-state index contributed by atoms with van der Waals surface area (Å²) in [6.07, 6.45) is 7.02. The lowest BCUT2D eigenvalue weighted by Crippen LogP contribution is -2.36. The van der Waals surface area contributed by atoms with Gasteiger partial charge in [-0.25, -0.2) is 0 Å². The highest BCUT2D eigenvalue weighted by molar-refractivity contribution is 5.27. The SMILES string of the molecule is Cc1ccc(C(C)(N)CC2CC3CCC2C3)cc1. The third-order valence-corrected chi connectivity index (χ3v) is 5.28. The molecule has 1 nitrogen and oxygen atoms in total. The maximum atomic E-state index is 6.60. The normalized spacial score (nSPS) is 33.6. The van der Waals surface area contributed by atoms with Gasteiger partial charge >= 0.3 is 0 Å². The Morgan fingerprint density at radius 2 is 1.89 bits per heavy atom. The third kappa shape index (κ3) is 2.21. The van der Waals surface area contributed by atoms with Gasteiger partial charge in [-0.1, -0.05) is 36.2 Å². The zero-order valence-electron chi connectivity index (χ0n) is 11.7. The number of fused-ring (bicyclic) bond motifs is 2. The van der Waals surface area contributed by atoms with E-state index < -0.39 is 0 Å². The zero-order chi connectivity index (χ0) is 12.8. The van der Waals surface area contributed by atoms with E-state index in [9.17, 15) is 0 Å². The lowest BCUT2D eigenvalue weighted by molar-refractivity contribution is 0.253. The zero-order valence-corrected chi connectivity index (χ0v) is 11.7. The fourth-order valence-corrected chi connectivity index (χ4v) is 4.22. The van der Waals surface area contributed by atoms with Crippen LogP contribution in [-0.4, -0.2) is 0 Å². The first-order valence-electron chi connectivity index (χ1n) is 7.40. The topological polar surface area (TPSA) is 26.0 Å². The summed E-state index contributed by atoms with van der Waals surface area (Å²) in [6.45, 7) is 4.34. The van der Waals surface area contributed by atoms with Gasteiger partial charge in [0.25, 0.3) is 0 Å². The van der Waals surface area contributed by atoms with E-state index in [1.165, 1.54) is 36.8 Å². The van der Waals surface area contributed by atoms with Gasteiger partial charge in [-0.2, -0.15) is 0 Å². The van der Waals surface area contributed by atoms with Crippen LogP contribution in [0.5, 0.6) is 0 Å². The summed E-state index contributed by atoms with van der Waals surface area (Å²) in [5, 5.41) is 0. The molecule has 0 spiro atoms. The molecule has 1 aromatic rings. The Balaban J connectivity index is 1.72. The van der Waals surface area contributed by atoms with Gasteiger partial charge in [0.15, 0.2) is 0 Å². The number of rotatable bonds is 3. The first-order valence-corrected chi connectivity index (χ1v) is 7.40. The molecule has 2 fully saturated rings. The van der Waals surface area contributed by atoms with E-state index in [1.807, 2.05) is 0 Å². The van der Waals surface area contributed by atoms with Crippen LogP contribution >= 0.6 is 0 Å². The molecule has 0 heterocycles. The molecule has 2 bridgehead atoms. The molecule has 3 rings (SSSR count). The molecule has 0 aliphatic heterocycles. The average Bonchev–Trinajstić information content (AvgIpc) is 2.91. The van der Waals surface area contributed by atoms with Gasteiger partial charge in [0.05, 0.1) is 0 Å². The van der Waals surface area contributed by atoms with Crippen LogP contribution in [0.25, 0.3) is 0 Å². The van der Waals surface area contributed by atoms with Crippen molar-refractivity contribution in [3.05, 3.63) is 35.4 Å². The Hall–Kier alpha value is -0.820. The number of hydrogen-bond donors (Lipinski definition) is 1. The fraction of sp³-hybridized carbons (Fsp3) is 0.647. The minimum Gasteiger partial charge on any atom is -0.322 e. The maximum Gasteiger partial charge on any atom is 0.0383 e. The van der Waals surface area contributed by atoms with Gasteiger partial charge in [0.1, 0.15) is 0 Å². The van der Waals surface area contributed by atoms with Crippen LogP contribution < -0.4 is 5.73 Å². The second kappa shape index (κ2) is 4.38. The van der Waals surface area contributed by atoms with E-state index in [-0.39, 0.29) is 5.54 Å². The summed E-state index contributed by atoms with van der Waals surface area (Å²) >= 11 is 0. The molecule has 1 heteroatoms. The van der Waals surface area contributed by atoms with Crippen molar-refractivity contribution in [2.45, 2.75) is 51.5 Å². The van der Waals surface area contributed by atoms with E-state index in [4.69, 9.17) is 5.73 Å². The highest BCUT2D eigenvalue weighted by Gasteiger charge is 2.41. The second-order valence-electron chi connectivity index (χ2n) is 6.92. The summed E-state index contributed by atoms with van der Waals surface area (Å²) in [5.41, 5.74) is 9.07. The summed E-state index contributed by atoms with van der Waals surface area (Å²) in [5.74, 6) is 2.87. The molecule has 2 aliphatic rings. The molecule has 0 radical (unpaired) electrons. The number of nitrogens with two attached hydrogens (primary N) is 1. The van der Waals surface area contributed by atoms with Crippen molar-refractivity contribution >= 4 is 0 Å². The predicted molar refractivity (Wildman–Crippen MR) is 76.3 cm³/mol. The molecule has 4 atom stereocenters. The Morgan fingerprint density at radius 1 is 1.17 bits per heavy atom. The molecule has 0 saturated heterocycles. The quantitative estimate of drug-likeness (QED) is 0.853. The minimum absolute atomic E-state index is 0.150. The number of aryl methyl sites for hydroxylation is 1. The highest BCUT2D eigenvalue weighted by Crippen LogP contribution is 2.51. The second-order valence-corrected chi connectivity index (χ2v) is 6.92. The van der Waals surface area contributed by atoms with Gasteiger partial charge in [-0.15, -0.1) is 0 Å². The van der Waals surface area contributed by atoms with Crippen molar-refractivity contribution < 1.29 is 0 Å². The molecular weight excluding hydrogens is 218 g/mol. The van der Waals surface area contributed by atoms with Crippen molar-refractivity contribution in [1.29, 1.82) is 0 Å². The van der Waals surface area contributed by atoms with Crippen molar-refractivity contribution in [2.24, 2.45) is 23.5 Å². The molecule has 1 aromatic carbocycles. The molecule has 2 N–H and O–H groups in total. The van der Waals surface area contributed by atoms with Crippen LogP contribution in [0.3, 0.4) is 0 Å². The summed E-state index contributed by atoms with van der Waals surface area (Å²) < 4.78 is 0. The van der Waals surface area contributed by atoms with Crippen LogP contribution in [0.15, 0.2) is 24.3 Å². The summed E-state index contributed by atoms with van der Waals surface area (Å²) in [7, 11) is 0. The minimum atomic E-state index is -0.150. The van der Waals surface area contributed by atoms with Gasteiger partial charge in [0.2, 0.25) is 0 Å². The van der Waals surface area contributed by atoms with Crippen LogP contribution in [0.1, 0.15) is 50.2 Å². The molecule has 2 saturated carbocycles. The molecule has 98 valence electrons. The molecular formula is C17H25N. The van der Waals surface area contributed by atoms with Gasteiger partial charge < -0.3 is 5.73 Å². The van der Waals surface area contributed by atoms with Crippen LogP contribution in [0, 0.1) is 24.7 Å². The third-order valence-electron chi connectivity index (χ3n) is 5.28. The molecule has 0 aromatic heterocycles. The van der Waals surface area contributed by atoms with Crippen molar-refractivity contribution in [2.75, 3.05) is 0 Å².